The van der Waals surface area contributed by atoms with Gasteiger partial charge in [-0.3, -0.25) is 14.4 Å². The van der Waals surface area contributed by atoms with Gasteiger partial charge in [0.05, 0.1) is 22.6 Å². The summed E-state index contributed by atoms with van der Waals surface area (Å²) in [5.41, 5.74) is 3.71. The Kier molecular flexibility index (Phi) is 10.3. The van der Waals surface area contributed by atoms with Gasteiger partial charge < -0.3 is 20.7 Å². The molecule has 0 saturated heterocycles. The number of anilines is 2. The maximum Gasteiger partial charge on any atom is 0.272 e. The van der Waals surface area contributed by atoms with Crippen LogP contribution in [0.25, 0.3) is 16.3 Å². The first-order chi connectivity index (χ1) is 21.8. The highest BCUT2D eigenvalue weighted by Crippen LogP contribution is 2.32. The van der Waals surface area contributed by atoms with Gasteiger partial charge in [-0.15, -0.1) is 11.8 Å². The van der Waals surface area contributed by atoms with E-state index in [0.717, 1.165) is 32.0 Å². The summed E-state index contributed by atoms with van der Waals surface area (Å²) in [7, 11) is 1.61. The molecular formula is C35H32N4O4S2. The average Bonchev–Trinajstić information content (AvgIpc) is 3.46. The third-order valence-corrected chi connectivity index (χ3v) is 9.07. The molecule has 3 N–H and O–H groups in total. The van der Waals surface area contributed by atoms with E-state index in [1.807, 2.05) is 80.6 Å². The zero-order valence-electron chi connectivity index (χ0n) is 25.0. The molecule has 3 amide bonds. The summed E-state index contributed by atoms with van der Waals surface area (Å²) in [5, 5.41) is 8.75. The third kappa shape index (κ3) is 8.37. The van der Waals surface area contributed by atoms with E-state index >= 15 is 0 Å². The second-order valence-electron chi connectivity index (χ2n) is 10.1. The Morgan fingerprint density at radius 1 is 0.933 bits per heavy atom. The van der Waals surface area contributed by atoms with Crippen molar-refractivity contribution in [2.24, 2.45) is 0 Å². The molecule has 5 rings (SSSR count). The van der Waals surface area contributed by atoms with Gasteiger partial charge >= 0.3 is 0 Å². The summed E-state index contributed by atoms with van der Waals surface area (Å²) in [6.45, 7) is 3.93. The van der Waals surface area contributed by atoms with Crippen molar-refractivity contribution in [1.82, 2.24) is 10.3 Å². The lowest BCUT2D eigenvalue weighted by Crippen LogP contribution is -2.30. The molecule has 1 atom stereocenters. The zero-order chi connectivity index (χ0) is 31.8. The summed E-state index contributed by atoms with van der Waals surface area (Å²) in [6, 6.07) is 29.2. The number of hydrogen-bond donors (Lipinski definition) is 3. The van der Waals surface area contributed by atoms with E-state index in [1.165, 1.54) is 23.1 Å². The zero-order valence-corrected chi connectivity index (χ0v) is 26.6. The first-order valence-corrected chi connectivity index (χ1v) is 16.0. The van der Waals surface area contributed by atoms with Crippen LogP contribution in [-0.2, 0) is 9.59 Å². The summed E-state index contributed by atoms with van der Waals surface area (Å²) < 4.78 is 6.21. The molecule has 4 aromatic carbocycles. The van der Waals surface area contributed by atoms with Crippen molar-refractivity contribution in [3.05, 3.63) is 119 Å². The SMILES string of the molecule is CCC(Sc1cccc(NC(=O)/C(=C/c2ccc(C)cc2)NC(=O)c2ccccc2)c1)C(=O)Nc1nc2ccc(OC)cc2s1. The quantitative estimate of drug-likeness (QED) is 0.102. The summed E-state index contributed by atoms with van der Waals surface area (Å²) in [4.78, 5) is 45.0. The second kappa shape index (κ2) is 14.7. The molecule has 0 radical (unpaired) electrons. The van der Waals surface area contributed by atoms with Crippen molar-refractivity contribution >= 4 is 67.9 Å². The largest absolute Gasteiger partial charge is 0.497 e. The lowest BCUT2D eigenvalue weighted by Gasteiger charge is -2.15. The highest BCUT2D eigenvalue weighted by Gasteiger charge is 2.21. The van der Waals surface area contributed by atoms with E-state index in [1.54, 1.807) is 43.5 Å². The van der Waals surface area contributed by atoms with E-state index in [4.69, 9.17) is 4.74 Å². The van der Waals surface area contributed by atoms with E-state index in [9.17, 15) is 14.4 Å². The Bertz CT molecular complexity index is 1850. The molecule has 45 heavy (non-hydrogen) atoms. The number of thioether (sulfide) groups is 1. The van der Waals surface area contributed by atoms with Gasteiger partial charge in [-0.05, 0) is 73.5 Å². The molecule has 0 aliphatic heterocycles. The molecule has 0 aliphatic carbocycles. The Hall–Kier alpha value is -4.93. The molecule has 1 unspecified atom stereocenters. The number of aryl methyl sites for hydroxylation is 1. The van der Waals surface area contributed by atoms with Gasteiger partial charge in [0.15, 0.2) is 5.13 Å². The van der Waals surface area contributed by atoms with Gasteiger partial charge in [0.2, 0.25) is 5.91 Å². The molecule has 0 aliphatic rings. The predicted octanol–water partition coefficient (Wildman–Crippen LogP) is 7.53. The van der Waals surface area contributed by atoms with Crippen LogP contribution in [0.15, 0.2) is 108 Å². The molecule has 228 valence electrons. The number of nitrogens with one attached hydrogen (secondary N) is 3. The van der Waals surface area contributed by atoms with Gasteiger partial charge in [0.25, 0.3) is 11.8 Å². The minimum Gasteiger partial charge on any atom is -0.497 e. The van der Waals surface area contributed by atoms with Crippen LogP contribution in [0.5, 0.6) is 5.75 Å². The summed E-state index contributed by atoms with van der Waals surface area (Å²) in [6.07, 6.45) is 2.23. The third-order valence-electron chi connectivity index (χ3n) is 6.78. The van der Waals surface area contributed by atoms with Gasteiger partial charge in [0.1, 0.15) is 11.4 Å². The average molecular weight is 637 g/mol. The fourth-order valence-corrected chi connectivity index (χ4v) is 6.29. The number of carbonyl (C=O) groups is 3. The van der Waals surface area contributed by atoms with Crippen molar-refractivity contribution in [1.29, 1.82) is 0 Å². The van der Waals surface area contributed by atoms with Crippen molar-refractivity contribution in [2.75, 3.05) is 17.7 Å². The van der Waals surface area contributed by atoms with E-state index in [2.05, 4.69) is 20.9 Å². The molecule has 10 heteroatoms. The van der Waals surface area contributed by atoms with Crippen LogP contribution < -0.4 is 20.7 Å². The highest BCUT2D eigenvalue weighted by atomic mass is 32.2. The van der Waals surface area contributed by atoms with Crippen molar-refractivity contribution in [3.63, 3.8) is 0 Å². The number of benzene rings is 4. The van der Waals surface area contributed by atoms with E-state index in [0.29, 0.717) is 22.8 Å². The molecule has 1 aromatic heterocycles. The van der Waals surface area contributed by atoms with E-state index < -0.39 is 11.8 Å². The molecule has 0 saturated carbocycles. The standard InChI is InChI=1S/C35H32N4O4S2/c1-4-30(34(42)39-35-38-28-18-17-26(43-3)21-31(28)45-35)44-27-12-8-11-25(20-27)36-33(41)29(19-23-15-13-22(2)14-16-23)37-32(40)24-9-6-5-7-10-24/h5-21,30H,4H2,1-3H3,(H,36,41)(H,37,40)(H,38,39,42)/b29-19-. The van der Waals surface area contributed by atoms with Crippen LogP contribution in [-0.4, -0.2) is 35.1 Å². The maximum absolute atomic E-state index is 13.5. The molecule has 0 spiro atoms. The van der Waals surface area contributed by atoms with Gasteiger partial charge in [-0.25, -0.2) is 4.98 Å². The van der Waals surface area contributed by atoms with Crippen LogP contribution in [0, 0.1) is 6.92 Å². The minimum absolute atomic E-state index is 0.102. The topological polar surface area (TPSA) is 109 Å². The predicted molar refractivity (Wildman–Crippen MR) is 183 cm³/mol. The first kappa shape index (κ1) is 31.5. The summed E-state index contributed by atoms with van der Waals surface area (Å²) in [5.74, 6) is -0.291. The van der Waals surface area contributed by atoms with Crippen molar-refractivity contribution < 1.29 is 19.1 Å². The number of nitrogens with zero attached hydrogens (tertiary/aromatic N) is 1. The lowest BCUT2D eigenvalue weighted by molar-refractivity contribution is -0.116. The van der Waals surface area contributed by atoms with Crippen LogP contribution in [0.1, 0.15) is 34.8 Å². The monoisotopic (exact) mass is 636 g/mol. The van der Waals surface area contributed by atoms with Crippen LogP contribution >= 0.6 is 23.1 Å². The first-order valence-electron chi connectivity index (χ1n) is 14.3. The van der Waals surface area contributed by atoms with Crippen molar-refractivity contribution in [2.45, 2.75) is 30.4 Å². The number of thiazole rings is 1. The van der Waals surface area contributed by atoms with Gasteiger partial charge in [0, 0.05) is 16.1 Å². The smallest absolute Gasteiger partial charge is 0.272 e. The number of ether oxygens (including phenoxy) is 1. The number of methoxy groups -OCH3 is 1. The molecule has 8 nitrogen and oxygen atoms in total. The minimum atomic E-state index is -0.473. The molecule has 1 heterocycles. The Morgan fingerprint density at radius 3 is 2.44 bits per heavy atom. The number of aromatic nitrogens is 1. The Balaban J connectivity index is 1.29. The number of hydrogen-bond acceptors (Lipinski definition) is 7. The van der Waals surface area contributed by atoms with Crippen LogP contribution in [0.4, 0.5) is 10.8 Å². The normalized spacial score (nSPS) is 11.9. The number of rotatable bonds is 11. The lowest BCUT2D eigenvalue weighted by atomic mass is 10.1. The van der Waals surface area contributed by atoms with Gasteiger partial charge in [-0.1, -0.05) is 72.4 Å². The fourth-order valence-electron chi connectivity index (χ4n) is 4.38. The number of carbonyl (C=O) groups excluding carboxylic acids is 3. The van der Waals surface area contributed by atoms with Gasteiger partial charge in [-0.2, -0.15) is 0 Å². The van der Waals surface area contributed by atoms with Crippen LogP contribution in [0.2, 0.25) is 0 Å². The number of fused-ring (bicyclic) bond motifs is 1. The molecule has 0 bridgehead atoms. The fraction of sp³-hybridized carbons (Fsp3) is 0.143. The Labute approximate surface area is 269 Å². The van der Waals surface area contributed by atoms with Crippen molar-refractivity contribution in [3.8, 4) is 5.75 Å². The molecular weight excluding hydrogens is 605 g/mol. The second-order valence-corrected chi connectivity index (χ2v) is 12.4. The summed E-state index contributed by atoms with van der Waals surface area (Å²) >= 11 is 2.79. The van der Waals surface area contributed by atoms with Crippen LogP contribution in [0.3, 0.4) is 0 Å². The Morgan fingerprint density at radius 2 is 1.71 bits per heavy atom. The molecule has 0 fully saturated rings. The maximum atomic E-state index is 13.5. The number of amides is 3. The highest BCUT2D eigenvalue weighted by molar-refractivity contribution is 8.00. The van der Waals surface area contributed by atoms with E-state index in [-0.39, 0.29) is 16.9 Å². The molecule has 5 aromatic rings.